The van der Waals surface area contributed by atoms with Gasteiger partial charge in [0.15, 0.2) is 0 Å². The molecule has 0 spiro atoms. The summed E-state index contributed by atoms with van der Waals surface area (Å²) in [6.45, 7) is 4.29. The Hall–Kier alpha value is -1.96. The first-order valence-electron chi connectivity index (χ1n) is 6.65. The highest BCUT2D eigenvalue weighted by Crippen LogP contribution is 2.39. The predicted molar refractivity (Wildman–Crippen MR) is 77.5 cm³/mol. The van der Waals surface area contributed by atoms with Crippen LogP contribution in [0.5, 0.6) is 11.5 Å². The highest BCUT2D eigenvalue weighted by atomic mass is 16.3. The molecule has 2 rings (SSSR count). The van der Waals surface area contributed by atoms with Crippen molar-refractivity contribution in [1.29, 1.82) is 0 Å². The summed E-state index contributed by atoms with van der Waals surface area (Å²) in [5.41, 5.74) is 1.75. The van der Waals surface area contributed by atoms with Crippen LogP contribution in [-0.4, -0.2) is 10.2 Å². The maximum Gasteiger partial charge on any atom is 0.119 e. The lowest BCUT2D eigenvalue weighted by atomic mass is 9.84. The van der Waals surface area contributed by atoms with Gasteiger partial charge >= 0.3 is 0 Å². The first-order chi connectivity index (χ1) is 9.09. The minimum absolute atomic E-state index is 0.0161. The summed E-state index contributed by atoms with van der Waals surface area (Å²) in [7, 11) is 0. The van der Waals surface area contributed by atoms with Gasteiger partial charge in [-0.3, -0.25) is 0 Å². The first kappa shape index (κ1) is 13.5. The van der Waals surface area contributed by atoms with Crippen LogP contribution in [0.4, 0.5) is 0 Å². The van der Waals surface area contributed by atoms with Gasteiger partial charge in [0.25, 0.3) is 0 Å². The van der Waals surface area contributed by atoms with Crippen molar-refractivity contribution >= 4 is 0 Å². The monoisotopic (exact) mass is 256 g/mol. The van der Waals surface area contributed by atoms with Crippen LogP contribution in [0.25, 0.3) is 0 Å². The van der Waals surface area contributed by atoms with Crippen LogP contribution in [-0.2, 0) is 0 Å². The Morgan fingerprint density at radius 3 is 1.58 bits per heavy atom. The third-order valence-electron chi connectivity index (χ3n) is 3.33. The smallest absolute Gasteiger partial charge is 0.119 e. The molecule has 19 heavy (non-hydrogen) atoms. The number of hydrogen-bond donors (Lipinski definition) is 2. The Morgan fingerprint density at radius 1 is 0.789 bits per heavy atom. The van der Waals surface area contributed by atoms with E-state index in [1.165, 1.54) is 0 Å². The Kier molecular flexibility index (Phi) is 4.10. The van der Waals surface area contributed by atoms with Crippen LogP contribution < -0.4 is 0 Å². The fourth-order valence-corrected chi connectivity index (χ4v) is 2.46. The van der Waals surface area contributed by atoms with E-state index in [1.54, 1.807) is 12.1 Å². The molecule has 0 saturated carbocycles. The van der Waals surface area contributed by atoms with Gasteiger partial charge in [0.1, 0.15) is 11.5 Å². The van der Waals surface area contributed by atoms with E-state index in [-0.39, 0.29) is 17.4 Å². The van der Waals surface area contributed by atoms with Gasteiger partial charge in [-0.05, 0) is 24.5 Å². The summed E-state index contributed by atoms with van der Waals surface area (Å²) >= 11 is 0. The second-order valence-corrected chi connectivity index (χ2v) is 5.30. The number of hydrogen-bond acceptors (Lipinski definition) is 2. The molecule has 2 aromatic rings. The van der Waals surface area contributed by atoms with Crippen molar-refractivity contribution < 1.29 is 10.2 Å². The maximum atomic E-state index is 10.1. The Labute approximate surface area is 114 Å². The molecule has 0 heterocycles. The lowest BCUT2D eigenvalue weighted by Gasteiger charge is -2.21. The van der Waals surface area contributed by atoms with Gasteiger partial charge in [-0.15, -0.1) is 0 Å². The topological polar surface area (TPSA) is 40.5 Å². The van der Waals surface area contributed by atoms with E-state index in [9.17, 15) is 10.2 Å². The van der Waals surface area contributed by atoms with Gasteiger partial charge in [0.05, 0.1) is 0 Å². The minimum Gasteiger partial charge on any atom is -0.508 e. The van der Waals surface area contributed by atoms with E-state index in [1.807, 2.05) is 36.4 Å². The van der Waals surface area contributed by atoms with Gasteiger partial charge in [-0.2, -0.15) is 0 Å². The molecular formula is C17H20O2. The summed E-state index contributed by atoms with van der Waals surface area (Å²) in [5.74, 6) is 1.07. The number of rotatable bonds is 4. The van der Waals surface area contributed by atoms with Crippen molar-refractivity contribution in [3.05, 3.63) is 59.7 Å². The largest absolute Gasteiger partial charge is 0.508 e. The zero-order valence-electron chi connectivity index (χ0n) is 11.4. The average molecular weight is 256 g/mol. The molecule has 0 unspecified atom stereocenters. The molecule has 0 amide bonds. The van der Waals surface area contributed by atoms with Crippen LogP contribution in [0, 0.1) is 5.92 Å². The summed E-state index contributed by atoms with van der Waals surface area (Å²) in [5, 5.41) is 20.1. The van der Waals surface area contributed by atoms with Crippen molar-refractivity contribution in [2.24, 2.45) is 5.92 Å². The second-order valence-electron chi connectivity index (χ2n) is 5.30. The standard InChI is InChI=1S/C17H20O2/c1-12(2)11-15(13-7-3-5-9-16(13)18)14-8-4-6-10-17(14)19/h3-10,12,15,18-19H,11H2,1-2H3. The van der Waals surface area contributed by atoms with Crippen molar-refractivity contribution in [1.82, 2.24) is 0 Å². The number of para-hydroxylation sites is 2. The van der Waals surface area contributed by atoms with Gasteiger partial charge < -0.3 is 10.2 Å². The summed E-state index contributed by atoms with van der Waals surface area (Å²) in [4.78, 5) is 0. The molecule has 2 aromatic carbocycles. The fraction of sp³-hybridized carbons (Fsp3) is 0.294. The van der Waals surface area contributed by atoms with Gasteiger partial charge in [0, 0.05) is 17.0 Å². The number of phenols is 2. The third-order valence-corrected chi connectivity index (χ3v) is 3.33. The highest BCUT2D eigenvalue weighted by Gasteiger charge is 2.21. The van der Waals surface area contributed by atoms with E-state index in [0.717, 1.165) is 17.5 Å². The molecule has 0 fully saturated rings. The number of benzene rings is 2. The van der Waals surface area contributed by atoms with Crippen LogP contribution in [0.1, 0.15) is 37.3 Å². The van der Waals surface area contributed by atoms with Crippen LogP contribution in [0.2, 0.25) is 0 Å². The van der Waals surface area contributed by atoms with E-state index >= 15 is 0 Å². The molecule has 0 aliphatic carbocycles. The molecule has 0 aliphatic rings. The molecule has 0 aliphatic heterocycles. The Morgan fingerprint density at radius 2 is 1.21 bits per heavy atom. The van der Waals surface area contributed by atoms with Crippen molar-refractivity contribution in [2.75, 3.05) is 0 Å². The van der Waals surface area contributed by atoms with E-state index in [0.29, 0.717) is 5.92 Å². The highest BCUT2D eigenvalue weighted by molar-refractivity contribution is 5.45. The molecule has 2 heteroatoms. The number of phenolic OH excluding ortho intramolecular Hbond substituents is 2. The molecule has 0 atom stereocenters. The summed E-state index contributed by atoms with van der Waals surface area (Å²) < 4.78 is 0. The Bertz CT molecular complexity index is 501. The van der Waals surface area contributed by atoms with Crippen LogP contribution >= 0.6 is 0 Å². The fourth-order valence-electron chi connectivity index (χ4n) is 2.46. The lowest BCUT2D eigenvalue weighted by Crippen LogP contribution is -2.05. The molecule has 0 saturated heterocycles. The third kappa shape index (κ3) is 3.08. The summed E-state index contributed by atoms with van der Waals surface area (Å²) in [6.07, 6.45) is 0.884. The van der Waals surface area contributed by atoms with Crippen molar-refractivity contribution in [3.63, 3.8) is 0 Å². The minimum atomic E-state index is 0.0161. The Balaban J connectivity index is 2.48. The van der Waals surface area contributed by atoms with Crippen molar-refractivity contribution in [3.8, 4) is 11.5 Å². The quantitative estimate of drug-likeness (QED) is 0.857. The van der Waals surface area contributed by atoms with Gasteiger partial charge in [0.2, 0.25) is 0 Å². The number of aromatic hydroxyl groups is 2. The van der Waals surface area contributed by atoms with Gasteiger partial charge in [-0.1, -0.05) is 50.2 Å². The predicted octanol–water partition coefficient (Wildman–Crippen LogP) is 4.28. The lowest BCUT2D eigenvalue weighted by molar-refractivity contribution is 0.440. The maximum absolute atomic E-state index is 10.1. The molecule has 2 nitrogen and oxygen atoms in total. The zero-order chi connectivity index (χ0) is 13.8. The van der Waals surface area contributed by atoms with E-state index < -0.39 is 0 Å². The molecule has 0 radical (unpaired) electrons. The molecule has 0 bridgehead atoms. The van der Waals surface area contributed by atoms with Gasteiger partial charge in [-0.25, -0.2) is 0 Å². The molecule has 2 N–H and O–H groups in total. The molecule has 100 valence electrons. The normalized spacial score (nSPS) is 11.2. The van der Waals surface area contributed by atoms with Crippen LogP contribution in [0.15, 0.2) is 48.5 Å². The summed E-state index contributed by atoms with van der Waals surface area (Å²) in [6, 6.07) is 14.7. The SMILES string of the molecule is CC(C)CC(c1ccccc1O)c1ccccc1O. The van der Waals surface area contributed by atoms with Crippen LogP contribution in [0.3, 0.4) is 0 Å². The zero-order valence-corrected chi connectivity index (χ0v) is 11.4. The molecule has 0 aromatic heterocycles. The average Bonchev–Trinajstić information content (AvgIpc) is 2.37. The second kappa shape index (κ2) is 5.79. The van der Waals surface area contributed by atoms with E-state index in [2.05, 4.69) is 13.8 Å². The first-order valence-corrected chi connectivity index (χ1v) is 6.65. The van der Waals surface area contributed by atoms with Crippen molar-refractivity contribution in [2.45, 2.75) is 26.2 Å². The molecular weight excluding hydrogens is 236 g/mol. The van der Waals surface area contributed by atoms with E-state index in [4.69, 9.17) is 0 Å².